The van der Waals surface area contributed by atoms with Crippen molar-refractivity contribution in [2.24, 2.45) is 5.14 Å². The molecule has 1 aliphatic rings. The number of carbonyl (C=O) groups excluding carboxylic acids is 1. The van der Waals surface area contributed by atoms with Crippen molar-refractivity contribution in [3.8, 4) is 0 Å². The van der Waals surface area contributed by atoms with Gasteiger partial charge in [-0.25, -0.2) is 13.6 Å². The Balaban J connectivity index is 2.10. The summed E-state index contributed by atoms with van der Waals surface area (Å²) in [6.07, 6.45) is 3.60. The van der Waals surface area contributed by atoms with Crippen molar-refractivity contribution in [2.75, 3.05) is 27.2 Å². The topological polar surface area (TPSA) is 96.6 Å². The van der Waals surface area contributed by atoms with Gasteiger partial charge in [-0.3, -0.25) is 9.78 Å². The summed E-state index contributed by atoms with van der Waals surface area (Å²) in [5.74, 6) is -0.250. The molecule has 1 saturated carbocycles. The van der Waals surface area contributed by atoms with Crippen LogP contribution in [0.1, 0.15) is 28.9 Å². The fourth-order valence-corrected chi connectivity index (χ4v) is 2.68. The van der Waals surface area contributed by atoms with Gasteiger partial charge in [0.15, 0.2) is 0 Å². The third-order valence-electron chi connectivity index (χ3n) is 3.93. The van der Waals surface area contributed by atoms with E-state index < -0.39 is 10.0 Å². The van der Waals surface area contributed by atoms with E-state index in [4.69, 9.17) is 5.14 Å². The average Bonchev–Trinajstić information content (AvgIpc) is 3.27. The van der Waals surface area contributed by atoms with Crippen LogP contribution >= 0.6 is 0 Å². The summed E-state index contributed by atoms with van der Waals surface area (Å²) in [7, 11) is -0.125. The highest BCUT2D eigenvalue weighted by molar-refractivity contribution is 7.89. The first-order chi connectivity index (χ1) is 10.2. The molecule has 1 aromatic heterocycles. The van der Waals surface area contributed by atoms with Crippen LogP contribution in [0.4, 0.5) is 0 Å². The van der Waals surface area contributed by atoms with Crippen molar-refractivity contribution in [1.82, 2.24) is 14.8 Å². The van der Waals surface area contributed by atoms with Gasteiger partial charge in [-0.1, -0.05) is 0 Å². The Bertz CT molecular complexity index is 671. The molecule has 0 spiro atoms. The average molecular weight is 326 g/mol. The molecule has 2 rings (SSSR count). The fraction of sp³-hybridized carbons (Fsp3) is 0.571. The largest absolute Gasteiger partial charge is 0.340 e. The van der Waals surface area contributed by atoms with Crippen LogP contribution in [0.25, 0.3) is 0 Å². The van der Waals surface area contributed by atoms with Gasteiger partial charge in [0.05, 0.1) is 11.3 Å². The van der Waals surface area contributed by atoms with E-state index in [0.717, 1.165) is 6.54 Å². The van der Waals surface area contributed by atoms with Gasteiger partial charge in [-0.05, 0) is 32.9 Å². The van der Waals surface area contributed by atoms with Gasteiger partial charge in [0.25, 0.3) is 5.91 Å². The second-order valence-electron chi connectivity index (χ2n) is 5.79. The standard InChI is InChI=1S/C14H22N4O3S/c1-10-13(8-12(9-16-10)22(15,20)21)14(19)18(3)7-6-17(2)11-4-5-11/h8-9,11H,4-7H2,1-3H3,(H2,15,20,21). The smallest absolute Gasteiger partial charge is 0.255 e. The summed E-state index contributed by atoms with van der Waals surface area (Å²) >= 11 is 0. The molecule has 1 amide bonds. The number of carbonyl (C=O) groups is 1. The highest BCUT2D eigenvalue weighted by Gasteiger charge is 2.26. The number of hydrogen-bond donors (Lipinski definition) is 1. The Labute approximate surface area is 131 Å². The van der Waals surface area contributed by atoms with Crippen LogP contribution in [0.5, 0.6) is 0 Å². The molecule has 0 bridgehead atoms. The Hall–Kier alpha value is -1.51. The number of nitrogens with zero attached hydrogens (tertiary/aromatic N) is 3. The number of aromatic nitrogens is 1. The van der Waals surface area contributed by atoms with Gasteiger partial charge >= 0.3 is 0 Å². The number of aryl methyl sites for hydroxylation is 1. The lowest BCUT2D eigenvalue weighted by Crippen LogP contribution is -2.36. The maximum absolute atomic E-state index is 12.5. The molecule has 2 N–H and O–H groups in total. The number of nitrogens with two attached hydrogens (primary N) is 1. The SMILES string of the molecule is Cc1ncc(S(N)(=O)=O)cc1C(=O)N(C)CCN(C)C1CC1. The maximum Gasteiger partial charge on any atom is 0.255 e. The molecule has 122 valence electrons. The van der Waals surface area contributed by atoms with Crippen molar-refractivity contribution in [1.29, 1.82) is 0 Å². The van der Waals surface area contributed by atoms with E-state index in [2.05, 4.69) is 9.88 Å². The molecule has 7 nitrogen and oxygen atoms in total. The van der Waals surface area contributed by atoms with E-state index in [1.54, 1.807) is 18.9 Å². The summed E-state index contributed by atoms with van der Waals surface area (Å²) in [5.41, 5.74) is 0.753. The zero-order valence-corrected chi connectivity index (χ0v) is 13.9. The number of pyridine rings is 1. The molecule has 0 atom stereocenters. The van der Waals surface area contributed by atoms with E-state index in [-0.39, 0.29) is 16.4 Å². The summed E-state index contributed by atoms with van der Waals surface area (Å²) in [5, 5.41) is 5.09. The third-order valence-corrected chi connectivity index (χ3v) is 4.81. The number of sulfonamides is 1. The Morgan fingerprint density at radius 1 is 1.36 bits per heavy atom. The lowest BCUT2D eigenvalue weighted by Gasteiger charge is -2.22. The van der Waals surface area contributed by atoms with Crippen LogP contribution in [-0.2, 0) is 10.0 Å². The number of likely N-dealkylation sites (N-methyl/N-ethyl adjacent to an activating group) is 2. The van der Waals surface area contributed by atoms with Crippen molar-refractivity contribution < 1.29 is 13.2 Å². The van der Waals surface area contributed by atoms with E-state index >= 15 is 0 Å². The summed E-state index contributed by atoms with van der Waals surface area (Å²) < 4.78 is 22.8. The first-order valence-electron chi connectivity index (χ1n) is 7.15. The van der Waals surface area contributed by atoms with E-state index in [1.807, 2.05) is 7.05 Å². The molecule has 22 heavy (non-hydrogen) atoms. The predicted molar refractivity (Wildman–Crippen MR) is 83.0 cm³/mol. The Morgan fingerprint density at radius 3 is 2.55 bits per heavy atom. The zero-order chi connectivity index (χ0) is 16.5. The van der Waals surface area contributed by atoms with Crippen molar-refractivity contribution >= 4 is 15.9 Å². The predicted octanol–water partition coefficient (Wildman–Crippen LogP) is 0.204. The highest BCUT2D eigenvalue weighted by atomic mass is 32.2. The molecular weight excluding hydrogens is 304 g/mol. The van der Waals surface area contributed by atoms with E-state index in [0.29, 0.717) is 18.3 Å². The first-order valence-corrected chi connectivity index (χ1v) is 8.70. The van der Waals surface area contributed by atoms with Crippen LogP contribution < -0.4 is 5.14 Å². The molecule has 8 heteroatoms. The minimum Gasteiger partial charge on any atom is -0.340 e. The second-order valence-corrected chi connectivity index (χ2v) is 7.35. The van der Waals surface area contributed by atoms with Crippen molar-refractivity contribution in [2.45, 2.75) is 30.7 Å². The van der Waals surface area contributed by atoms with Crippen molar-refractivity contribution in [3.63, 3.8) is 0 Å². The normalized spacial score (nSPS) is 15.1. The first kappa shape index (κ1) is 16.9. The van der Waals surface area contributed by atoms with Gasteiger partial charge in [0.2, 0.25) is 10.0 Å². The molecule has 0 saturated heterocycles. The Morgan fingerprint density at radius 2 is 2.00 bits per heavy atom. The molecule has 0 aliphatic heterocycles. The van der Waals surface area contributed by atoms with E-state index in [9.17, 15) is 13.2 Å². The highest BCUT2D eigenvalue weighted by Crippen LogP contribution is 2.24. The molecule has 0 aromatic carbocycles. The Kier molecular flexibility index (Phi) is 4.84. The molecule has 1 heterocycles. The van der Waals surface area contributed by atoms with Crippen LogP contribution in [0.2, 0.25) is 0 Å². The molecule has 0 radical (unpaired) electrons. The molecule has 1 aliphatic carbocycles. The van der Waals surface area contributed by atoms with Gasteiger partial charge in [0.1, 0.15) is 4.90 Å². The van der Waals surface area contributed by atoms with Gasteiger partial charge in [0, 0.05) is 32.4 Å². The number of primary sulfonamides is 1. The molecular formula is C14H22N4O3S. The van der Waals surface area contributed by atoms with Crippen LogP contribution in [0, 0.1) is 6.92 Å². The van der Waals surface area contributed by atoms with Crippen LogP contribution in [0.15, 0.2) is 17.2 Å². The maximum atomic E-state index is 12.5. The summed E-state index contributed by atoms with van der Waals surface area (Å²) in [6.45, 7) is 3.03. The monoisotopic (exact) mass is 326 g/mol. The quantitative estimate of drug-likeness (QED) is 0.806. The fourth-order valence-electron chi connectivity index (χ4n) is 2.20. The van der Waals surface area contributed by atoms with Crippen molar-refractivity contribution in [3.05, 3.63) is 23.5 Å². The second kappa shape index (κ2) is 6.31. The number of hydrogen-bond acceptors (Lipinski definition) is 5. The number of rotatable bonds is 6. The summed E-state index contributed by atoms with van der Waals surface area (Å²) in [4.78, 5) is 20.1. The minimum absolute atomic E-state index is 0.148. The lowest BCUT2D eigenvalue weighted by atomic mass is 10.2. The van der Waals surface area contributed by atoms with E-state index in [1.165, 1.54) is 25.1 Å². The zero-order valence-electron chi connectivity index (χ0n) is 13.1. The van der Waals surface area contributed by atoms with Crippen LogP contribution in [0.3, 0.4) is 0 Å². The van der Waals surface area contributed by atoms with Gasteiger partial charge in [-0.2, -0.15) is 0 Å². The van der Waals surface area contributed by atoms with Gasteiger partial charge < -0.3 is 9.80 Å². The lowest BCUT2D eigenvalue weighted by molar-refractivity contribution is 0.0780. The van der Waals surface area contributed by atoms with Crippen LogP contribution in [-0.4, -0.2) is 62.3 Å². The third kappa shape index (κ3) is 4.02. The molecule has 1 aromatic rings. The van der Waals surface area contributed by atoms with Gasteiger partial charge in [-0.15, -0.1) is 0 Å². The minimum atomic E-state index is -3.87. The molecule has 1 fully saturated rings. The molecule has 0 unspecified atom stereocenters. The summed E-state index contributed by atoms with van der Waals surface area (Å²) in [6, 6.07) is 1.93. The number of amides is 1.